The van der Waals surface area contributed by atoms with Gasteiger partial charge in [-0.2, -0.15) is 0 Å². The van der Waals surface area contributed by atoms with E-state index in [0.29, 0.717) is 17.5 Å². The fraction of sp³-hybridized carbons (Fsp3) is 0.0408. The summed E-state index contributed by atoms with van der Waals surface area (Å²) in [5.41, 5.74) is 12.2. The van der Waals surface area contributed by atoms with Crippen LogP contribution in [0.15, 0.2) is 164 Å². The monoisotopic (exact) mass is 676 g/mol. The highest BCUT2D eigenvalue weighted by Gasteiger charge is 2.22. The van der Waals surface area contributed by atoms with E-state index in [2.05, 4.69) is 114 Å². The van der Waals surface area contributed by atoms with Crippen molar-refractivity contribution in [2.24, 2.45) is 0 Å². The molecule has 0 N–H and O–H groups in total. The van der Waals surface area contributed by atoms with E-state index in [4.69, 9.17) is 15.0 Å². The highest BCUT2D eigenvalue weighted by molar-refractivity contribution is 6.01. The van der Waals surface area contributed by atoms with Crippen molar-refractivity contribution in [2.45, 2.75) is 12.8 Å². The number of nitrogens with zero attached hydrogens (tertiary/aromatic N) is 4. The normalized spacial score (nSPS) is 12.2. The van der Waals surface area contributed by atoms with Gasteiger partial charge in [-0.25, -0.2) is 15.0 Å². The summed E-state index contributed by atoms with van der Waals surface area (Å²) in [6, 6.07) is 61.3. The van der Waals surface area contributed by atoms with Gasteiger partial charge in [0.1, 0.15) is 0 Å². The molecule has 0 spiro atoms. The Morgan fingerprint density at radius 3 is 1.92 bits per heavy atom. The Balaban J connectivity index is 1.23. The lowest BCUT2D eigenvalue weighted by molar-refractivity contribution is 0.892. The maximum Gasteiger partial charge on any atom is 0.164 e. The first-order valence-corrected chi connectivity index (χ1v) is 18.0. The van der Waals surface area contributed by atoms with Crippen LogP contribution >= 0.6 is 0 Å². The van der Waals surface area contributed by atoms with Crippen LogP contribution in [0, 0.1) is 12.1 Å². The summed E-state index contributed by atoms with van der Waals surface area (Å²) in [6.45, 7) is 0. The van der Waals surface area contributed by atoms with E-state index in [1.807, 2.05) is 72.8 Å². The summed E-state index contributed by atoms with van der Waals surface area (Å²) in [6.07, 6.45) is 6.61. The van der Waals surface area contributed by atoms with Crippen LogP contribution in [0.5, 0.6) is 0 Å². The molecule has 10 rings (SSSR count). The van der Waals surface area contributed by atoms with Gasteiger partial charge in [0, 0.05) is 38.7 Å². The molecule has 53 heavy (non-hydrogen) atoms. The first-order chi connectivity index (χ1) is 26.3. The number of allylic oxidation sites excluding steroid dienone is 1. The van der Waals surface area contributed by atoms with Crippen LogP contribution in [-0.2, 0) is 6.42 Å². The van der Waals surface area contributed by atoms with Gasteiger partial charge in [-0.3, -0.25) is 0 Å². The van der Waals surface area contributed by atoms with Crippen LogP contribution in [0.25, 0.3) is 89.9 Å². The molecule has 0 aliphatic heterocycles. The molecule has 1 aliphatic carbocycles. The number of hydrogen-bond donors (Lipinski definition) is 0. The molecule has 9 aromatic rings. The third-order valence-electron chi connectivity index (χ3n) is 10.2. The van der Waals surface area contributed by atoms with Crippen molar-refractivity contribution >= 4 is 27.8 Å². The van der Waals surface area contributed by atoms with Gasteiger partial charge in [-0.1, -0.05) is 140 Å². The molecule has 1 aliphatic rings. The zero-order valence-electron chi connectivity index (χ0n) is 28.9. The molecule has 2 heterocycles. The van der Waals surface area contributed by atoms with E-state index in [0.717, 1.165) is 51.8 Å². The number of hydrogen-bond acceptors (Lipinski definition) is 3. The fourth-order valence-corrected chi connectivity index (χ4v) is 7.70. The Hall–Kier alpha value is -7.09. The van der Waals surface area contributed by atoms with E-state index >= 15 is 0 Å². The van der Waals surface area contributed by atoms with Crippen molar-refractivity contribution in [3.8, 4) is 62.1 Å². The molecule has 0 radical (unpaired) electrons. The Kier molecular flexibility index (Phi) is 7.48. The molecule has 0 atom stereocenters. The van der Waals surface area contributed by atoms with Crippen LogP contribution in [-0.4, -0.2) is 19.5 Å². The van der Waals surface area contributed by atoms with E-state index in [9.17, 15) is 0 Å². The minimum absolute atomic E-state index is 0.622. The van der Waals surface area contributed by atoms with E-state index in [1.165, 1.54) is 38.6 Å². The molecule has 4 heteroatoms. The highest BCUT2D eigenvalue weighted by Crippen LogP contribution is 2.41. The number of fused-ring (bicyclic) bond motifs is 4. The molecule has 0 fully saturated rings. The molecule has 0 bridgehead atoms. The largest absolute Gasteiger partial charge is 0.312 e. The SMILES string of the molecule is c1ccc(-c2ccc(-c3nc(-c4ccccc4)nc(-c4ccccc4)n3)cc2-c2cc(-n3c4c(c5ccccc53)C=CCC4)c3ccccc3c2)cc#1. The first-order valence-electron chi connectivity index (χ1n) is 18.0. The van der Waals surface area contributed by atoms with Crippen LogP contribution in [0.2, 0.25) is 0 Å². The number of benzene rings is 6. The maximum absolute atomic E-state index is 5.08. The summed E-state index contributed by atoms with van der Waals surface area (Å²) in [5, 5.41) is 3.68. The molecule has 7 aromatic carbocycles. The lowest BCUT2D eigenvalue weighted by Crippen LogP contribution is -2.04. The van der Waals surface area contributed by atoms with Crippen molar-refractivity contribution in [2.75, 3.05) is 0 Å². The van der Waals surface area contributed by atoms with Gasteiger partial charge in [0.25, 0.3) is 0 Å². The molecule has 0 saturated carbocycles. The average Bonchev–Trinajstić information content (AvgIpc) is 3.58. The highest BCUT2D eigenvalue weighted by atomic mass is 15.0. The van der Waals surface area contributed by atoms with Gasteiger partial charge < -0.3 is 4.57 Å². The maximum atomic E-state index is 5.08. The Labute approximate surface area is 308 Å². The molecule has 0 saturated heterocycles. The minimum atomic E-state index is 0.622. The molecule has 0 unspecified atom stereocenters. The second kappa shape index (κ2) is 12.9. The van der Waals surface area contributed by atoms with Crippen LogP contribution in [0.3, 0.4) is 0 Å². The lowest BCUT2D eigenvalue weighted by Gasteiger charge is -2.19. The summed E-state index contributed by atoms with van der Waals surface area (Å²) < 4.78 is 2.50. The average molecular weight is 677 g/mol. The number of aromatic nitrogens is 4. The quantitative estimate of drug-likeness (QED) is 0.176. The van der Waals surface area contributed by atoms with Gasteiger partial charge in [0.2, 0.25) is 0 Å². The molecule has 4 nitrogen and oxygen atoms in total. The fourth-order valence-electron chi connectivity index (χ4n) is 7.70. The van der Waals surface area contributed by atoms with Crippen LogP contribution in [0.4, 0.5) is 0 Å². The lowest BCUT2D eigenvalue weighted by atomic mass is 9.91. The minimum Gasteiger partial charge on any atom is -0.312 e. The van der Waals surface area contributed by atoms with Gasteiger partial charge in [-0.15, -0.1) is 0 Å². The zero-order chi connectivity index (χ0) is 35.1. The van der Waals surface area contributed by atoms with Crippen molar-refractivity contribution in [1.82, 2.24) is 19.5 Å². The van der Waals surface area contributed by atoms with E-state index < -0.39 is 0 Å². The predicted molar refractivity (Wildman–Crippen MR) is 216 cm³/mol. The predicted octanol–water partition coefficient (Wildman–Crippen LogP) is 11.9. The summed E-state index contributed by atoms with van der Waals surface area (Å²) in [7, 11) is 0. The molecule has 0 amide bonds. The molecular weight excluding hydrogens is 645 g/mol. The van der Waals surface area contributed by atoms with Crippen molar-refractivity contribution in [3.63, 3.8) is 0 Å². The van der Waals surface area contributed by atoms with Crippen molar-refractivity contribution in [1.29, 1.82) is 0 Å². The van der Waals surface area contributed by atoms with Crippen LogP contribution in [0.1, 0.15) is 17.7 Å². The van der Waals surface area contributed by atoms with Crippen molar-refractivity contribution < 1.29 is 0 Å². The summed E-state index contributed by atoms with van der Waals surface area (Å²) in [4.78, 5) is 15.1. The van der Waals surface area contributed by atoms with E-state index in [-0.39, 0.29) is 0 Å². The second-order valence-corrected chi connectivity index (χ2v) is 13.4. The second-order valence-electron chi connectivity index (χ2n) is 13.4. The van der Waals surface area contributed by atoms with Gasteiger partial charge in [0.15, 0.2) is 17.5 Å². The van der Waals surface area contributed by atoms with Gasteiger partial charge in [-0.05, 0) is 82.9 Å². The first kappa shape index (κ1) is 30.7. The van der Waals surface area contributed by atoms with Crippen molar-refractivity contribution in [3.05, 3.63) is 187 Å². The Morgan fingerprint density at radius 1 is 0.509 bits per heavy atom. The summed E-state index contributed by atoms with van der Waals surface area (Å²) in [5.74, 6) is 1.90. The third kappa shape index (κ3) is 5.47. The smallest absolute Gasteiger partial charge is 0.164 e. The molecule has 2 aromatic heterocycles. The molecule has 248 valence electrons. The topological polar surface area (TPSA) is 43.6 Å². The Bertz CT molecular complexity index is 2760. The van der Waals surface area contributed by atoms with E-state index in [1.54, 1.807) is 0 Å². The number of para-hydroxylation sites is 1. The van der Waals surface area contributed by atoms with Gasteiger partial charge in [0.05, 0.1) is 11.2 Å². The third-order valence-corrected chi connectivity index (χ3v) is 10.2. The number of rotatable bonds is 6. The molecular formula is C49H32N4. The summed E-state index contributed by atoms with van der Waals surface area (Å²) >= 11 is 0. The van der Waals surface area contributed by atoms with Crippen LogP contribution < -0.4 is 0 Å². The standard InChI is InChI=1S/C49H32N4/c1-4-16-33(17-5-1)39-29-28-37(49-51-47(34-18-6-2-7-19-34)50-48(52-49)35-20-8-3-9-21-35)31-43(39)38-30-36-22-10-11-23-40(36)46(32-38)53-44-26-14-12-24-41(44)42-25-13-15-27-45(42)53/h2-4,6-14,16-26,28-32H,15,27H2. The van der Waals surface area contributed by atoms with Gasteiger partial charge >= 0.3 is 0 Å². The zero-order valence-corrected chi connectivity index (χ0v) is 28.9. The Morgan fingerprint density at radius 2 is 1.19 bits per heavy atom.